The van der Waals surface area contributed by atoms with Gasteiger partial charge in [-0.2, -0.15) is 0 Å². The van der Waals surface area contributed by atoms with Crippen LogP contribution in [0.2, 0.25) is 0 Å². The van der Waals surface area contributed by atoms with Gasteiger partial charge in [0.1, 0.15) is 11.5 Å². The number of benzene rings is 2. The Bertz CT molecular complexity index is 696. The SMILES string of the molecule is CCOc1ccc(OCC)c(NC(N)=NCCOCc2ccccc2)c1.I. The van der Waals surface area contributed by atoms with Crippen LogP contribution in [-0.4, -0.2) is 32.3 Å². The molecule has 148 valence electrons. The number of halogens is 1. The average Bonchev–Trinajstić information content (AvgIpc) is 2.65. The number of aliphatic imine (C=N–C) groups is 1. The van der Waals surface area contributed by atoms with Crippen molar-refractivity contribution in [2.24, 2.45) is 10.7 Å². The zero-order valence-electron chi connectivity index (χ0n) is 15.8. The molecule has 0 aliphatic heterocycles. The number of nitrogens with one attached hydrogen (secondary N) is 1. The molecule has 0 bridgehead atoms. The first kappa shape index (κ1) is 23.0. The molecule has 0 saturated heterocycles. The molecule has 0 amide bonds. The van der Waals surface area contributed by atoms with Gasteiger partial charge in [0.25, 0.3) is 0 Å². The van der Waals surface area contributed by atoms with Crippen LogP contribution in [0.25, 0.3) is 0 Å². The summed E-state index contributed by atoms with van der Waals surface area (Å²) < 4.78 is 16.7. The summed E-state index contributed by atoms with van der Waals surface area (Å²) in [6.07, 6.45) is 0. The minimum atomic E-state index is 0. The van der Waals surface area contributed by atoms with Gasteiger partial charge in [0, 0.05) is 6.07 Å². The van der Waals surface area contributed by atoms with Crippen LogP contribution in [0.4, 0.5) is 5.69 Å². The third-order valence-corrected chi connectivity index (χ3v) is 3.45. The molecule has 0 unspecified atom stereocenters. The molecular formula is C20H28IN3O3. The number of hydrogen-bond donors (Lipinski definition) is 2. The van der Waals surface area contributed by atoms with Crippen LogP contribution in [0, 0.1) is 0 Å². The third-order valence-electron chi connectivity index (χ3n) is 3.45. The third kappa shape index (κ3) is 8.49. The molecule has 0 aromatic heterocycles. The van der Waals surface area contributed by atoms with Gasteiger partial charge >= 0.3 is 0 Å². The monoisotopic (exact) mass is 485 g/mol. The normalized spacial score (nSPS) is 10.8. The zero-order valence-corrected chi connectivity index (χ0v) is 18.1. The zero-order chi connectivity index (χ0) is 18.6. The van der Waals surface area contributed by atoms with Crippen LogP contribution in [-0.2, 0) is 11.3 Å². The average molecular weight is 485 g/mol. The van der Waals surface area contributed by atoms with E-state index in [1.165, 1.54) is 0 Å². The van der Waals surface area contributed by atoms with Crippen LogP contribution in [0.5, 0.6) is 11.5 Å². The van der Waals surface area contributed by atoms with E-state index in [1.807, 2.05) is 62.4 Å². The van der Waals surface area contributed by atoms with Gasteiger partial charge in [-0.3, -0.25) is 4.99 Å². The Labute approximate surface area is 178 Å². The summed E-state index contributed by atoms with van der Waals surface area (Å²) >= 11 is 0. The molecule has 2 aromatic carbocycles. The fourth-order valence-corrected chi connectivity index (χ4v) is 2.32. The van der Waals surface area contributed by atoms with E-state index in [4.69, 9.17) is 19.9 Å². The van der Waals surface area contributed by atoms with E-state index in [0.717, 1.165) is 17.0 Å². The molecular weight excluding hydrogens is 457 g/mol. The highest BCUT2D eigenvalue weighted by Crippen LogP contribution is 2.29. The maximum absolute atomic E-state index is 5.98. The Hall–Kier alpha value is -2.00. The first-order chi connectivity index (χ1) is 12.7. The van der Waals surface area contributed by atoms with Crippen molar-refractivity contribution < 1.29 is 14.2 Å². The molecule has 2 rings (SSSR count). The summed E-state index contributed by atoms with van der Waals surface area (Å²) in [4.78, 5) is 4.29. The van der Waals surface area contributed by atoms with Crippen molar-refractivity contribution in [2.45, 2.75) is 20.5 Å². The molecule has 27 heavy (non-hydrogen) atoms. The second kappa shape index (κ2) is 13.2. The summed E-state index contributed by atoms with van der Waals surface area (Å²) in [5, 5.41) is 3.07. The van der Waals surface area contributed by atoms with Gasteiger partial charge in [-0.25, -0.2) is 0 Å². The molecule has 7 heteroatoms. The number of rotatable bonds is 10. The van der Waals surface area contributed by atoms with Gasteiger partial charge in [-0.05, 0) is 31.5 Å². The van der Waals surface area contributed by atoms with Crippen LogP contribution < -0.4 is 20.5 Å². The van der Waals surface area contributed by atoms with Gasteiger partial charge in [-0.1, -0.05) is 30.3 Å². The summed E-state index contributed by atoms with van der Waals surface area (Å²) in [5.74, 6) is 1.76. The lowest BCUT2D eigenvalue weighted by molar-refractivity contribution is 0.128. The van der Waals surface area contributed by atoms with E-state index < -0.39 is 0 Å². The van der Waals surface area contributed by atoms with Crippen molar-refractivity contribution in [3.05, 3.63) is 54.1 Å². The van der Waals surface area contributed by atoms with E-state index in [2.05, 4.69) is 10.3 Å². The lowest BCUT2D eigenvalue weighted by Crippen LogP contribution is -2.23. The van der Waals surface area contributed by atoms with Crippen molar-refractivity contribution in [3.63, 3.8) is 0 Å². The number of anilines is 1. The van der Waals surface area contributed by atoms with Crippen LogP contribution in [0.1, 0.15) is 19.4 Å². The van der Waals surface area contributed by atoms with Gasteiger partial charge < -0.3 is 25.3 Å². The molecule has 0 heterocycles. The molecule has 0 radical (unpaired) electrons. The van der Waals surface area contributed by atoms with Crippen molar-refractivity contribution >= 4 is 35.6 Å². The van der Waals surface area contributed by atoms with Crippen molar-refractivity contribution in [3.8, 4) is 11.5 Å². The molecule has 3 N–H and O–H groups in total. The highest BCUT2D eigenvalue weighted by Gasteiger charge is 2.07. The van der Waals surface area contributed by atoms with Gasteiger partial charge in [0.05, 0.1) is 38.7 Å². The molecule has 2 aromatic rings. The van der Waals surface area contributed by atoms with Gasteiger partial charge in [0.15, 0.2) is 5.96 Å². The van der Waals surface area contributed by atoms with E-state index in [1.54, 1.807) is 0 Å². The number of nitrogens with two attached hydrogens (primary N) is 1. The Kier molecular flexibility index (Phi) is 11.3. The molecule has 0 fully saturated rings. The Morgan fingerprint density at radius 1 is 1.04 bits per heavy atom. The van der Waals surface area contributed by atoms with Crippen molar-refractivity contribution in [1.82, 2.24) is 0 Å². The van der Waals surface area contributed by atoms with E-state index in [0.29, 0.717) is 44.7 Å². The predicted octanol–water partition coefficient (Wildman–Crippen LogP) is 4.05. The highest BCUT2D eigenvalue weighted by molar-refractivity contribution is 14.0. The Morgan fingerprint density at radius 3 is 2.48 bits per heavy atom. The topological polar surface area (TPSA) is 78.1 Å². The molecule has 6 nitrogen and oxygen atoms in total. The fourth-order valence-electron chi connectivity index (χ4n) is 2.32. The molecule has 0 saturated carbocycles. The quantitative estimate of drug-likeness (QED) is 0.230. The summed E-state index contributed by atoms with van der Waals surface area (Å²) in [6.45, 7) is 6.56. The minimum Gasteiger partial charge on any atom is -0.494 e. The summed E-state index contributed by atoms with van der Waals surface area (Å²) in [6, 6.07) is 15.6. The van der Waals surface area contributed by atoms with Crippen molar-refractivity contribution in [1.29, 1.82) is 0 Å². The van der Waals surface area contributed by atoms with Crippen molar-refractivity contribution in [2.75, 3.05) is 31.7 Å². The summed E-state index contributed by atoms with van der Waals surface area (Å²) in [5.41, 5.74) is 7.84. The lowest BCUT2D eigenvalue weighted by Gasteiger charge is -2.14. The van der Waals surface area contributed by atoms with Gasteiger partial charge in [-0.15, -0.1) is 24.0 Å². The first-order valence-electron chi connectivity index (χ1n) is 8.81. The molecule has 0 spiro atoms. The number of guanidine groups is 1. The maximum Gasteiger partial charge on any atom is 0.193 e. The number of ether oxygens (including phenoxy) is 3. The Morgan fingerprint density at radius 2 is 1.78 bits per heavy atom. The Balaban J connectivity index is 0.00000364. The summed E-state index contributed by atoms with van der Waals surface area (Å²) in [7, 11) is 0. The second-order valence-electron chi connectivity index (χ2n) is 5.45. The highest BCUT2D eigenvalue weighted by atomic mass is 127. The molecule has 0 atom stereocenters. The smallest absolute Gasteiger partial charge is 0.193 e. The maximum atomic E-state index is 5.98. The lowest BCUT2D eigenvalue weighted by atomic mass is 10.2. The van der Waals surface area contributed by atoms with E-state index in [-0.39, 0.29) is 24.0 Å². The van der Waals surface area contributed by atoms with E-state index in [9.17, 15) is 0 Å². The second-order valence-corrected chi connectivity index (χ2v) is 5.45. The van der Waals surface area contributed by atoms with E-state index >= 15 is 0 Å². The van der Waals surface area contributed by atoms with Gasteiger partial charge in [0.2, 0.25) is 0 Å². The predicted molar refractivity (Wildman–Crippen MR) is 120 cm³/mol. The molecule has 0 aliphatic carbocycles. The number of hydrogen-bond acceptors (Lipinski definition) is 4. The minimum absolute atomic E-state index is 0. The fraction of sp³-hybridized carbons (Fsp3) is 0.350. The van der Waals surface area contributed by atoms with Crippen LogP contribution in [0.3, 0.4) is 0 Å². The van der Waals surface area contributed by atoms with Crippen LogP contribution in [0.15, 0.2) is 53.5 Å². The largest absolute Gasteiger partial charge is 0.494 e. The number of nitrogens with zero attached hydrogens (tertiary/aromatic N) is 1. The molecule has 0 aliphatic rings. The standard InChI is InChI=1S/C20H27N3O3.HI/c1-3-25-17-10-11-19(26-4-2)18(14-17)23-20(21)22-12-13-24-15-16-8-6-5-7-9-16;/h5-11,14H,3-4,12-13,15H2,1-2H3,(H3,21,22,23);1H. The first-order valence-corrected chi connectivity index (χ1v) is 8.81. The van der Waals surface area contributed by atoms with Crippen LogP contribution >= 0.6 is 24.0 Å².